The fourth-order valence-electron chi connectivity index (χ4n) is 7.64. The van der Waals surface area contributed by atoms with Crippen molar-refractivity contribution >= 4 is 55.2 Å². The van der Waals surface area contributed by atoms with Crippen LogP contribution in [0.3, 0.4) is 0 Å². The molecule has 0 radical (unpaired) electrons. The standard InChI is InChI=1S/C46H31N3O/c1-4-14-30(15-5-1)39-29-40(31-16-6-2-7-17-31)48-46(47-39)38-23-13-25-43-44(38)37-22-12-21-34(45(37)50-43)32-26-27-36-35-20-10-11-24-41(35)49(42(36)28-32)33-18-8-3-9-19-33/h1-28,46H,29H2. The molecule has 4 heteroatoms. The molecule has 10 rings (SSSR count). The zero-order valence-corrected chi connectivity index (χ0v) is 27.2. The Morgan fingerprint density at radius 3 is 1.86 bits per heavy atom. The number of furan rings is 1. The third-order valence-corrected chi connectivity index (χ3v) is 9.94. The Labute approximate surface area is 289 Å². The summed E-state index contributed by atoms with van der Waals surface area (Å²) in [7, 11) is 0. The molecule has 0 saturated carbocycles. The zero-order valence-electron chi connectivity index (χ0n) is 27.2. The fourth-order valence-corrected chi connectivity index (χ4v) is 7.64. The Hall–Kier alpha value is -6.52. The topological polar surface area (TPSA) is 42.8 Å². The number of rotatable bonds is 5. The molecule has 0 atom stereocenters. The molecule has 0 N–H and O–H groups in total. The van der Waals surface area contributed by atoms with E-state index in [4.69, 9.17) is 14.4 Å². The predicted octanol–water partition coefficient (Wildman–Crippen LogP) is 11.7. The Morgan fingerprint density at radius 1 is 0.500 bits per heavy atom. The number of para-hydroxylation sites is 3. The number of benzene rings is 7. The highest BCUT2D eigenvalue weighted by atomic mass is 16.3. The summed E-state index contributed by atoms with van der Waals surface area (Å²) in [5.74, 6) is 0. The third-order valence-electron chi connectivity index (χ3n) is 9.94. The van der Waals surface area contributed by atoms with E-state index in [0.717, 1.165) is 72.4 Å². The van der Waals surface area contributed by atoms with Crippen molar-refractivity contribution in [3.63, 3.8) is 0 Å². The molecule has 0 aliphatic carbocycles. The van der Waals surface area contributed by atoms with Crippen LogP contribution in [0.1, 0.15) is 29.3 Å². The van der Waals surface area contributed by atoms with Gasteiger partial charge in [-0.1, -0.05) is 140 Å². The largest absolute Gasteiger partial charge is 0.455 e. The summed E-state index contributed by atoms with van der Waals surface area (Å²) in [6.45, 7) is 0. The molecule has 7 aromatic carbocycles. The molecular weight excluding hydrogens is 611 g/mol. The van der Waals surface area contributed by atoms with E-state index in [1.165, 1.54) is 16.3 Å². The second kappa shape index (κ2) is 11.6. The van der Waals surface area contributed by atoms with Gasteiger partial charge in [-0.15, -0.1) is 0 Å². The van der Waals surface area contributed by atoms with Crippen LogP contribution in [0.2, 0.25) is 0 Å². The lowest BCUT2D eigenvalue weighted by atomic mass is 9.96. The molecule has 0 unspecified atom stereocenters. The van der Waals surface area contributed by atoms with Gasteiger partial charge in [-0.3, -0.25) is 9.98 Å². The number of nitrogens with zero attached hydrogens (tertiary/aromatic N) is 3. The molecule has 0 amide bonds. The molecule has 0 bridgehead atoms. The fraction of sp³-hybridized carbons (Fsp3) is 0.0435. The summed E-state index contributed by atoms with van der Waals surface area (Å²) >= 11 is 0. The Morgan fingerprint density at radius 2 is 1.12 bits per heavy atom. The maximum absolute atomic E-state index is 6.77. The normalized spacial score (nSPS) is 13.7. The summed E-state index contributed by atoms with van der Waals surface area (Å²) in [5.41, 5.74) is 12.7. The summed E-state index contributed by atoms with van der Waals surface area (Å²) < 4.78 is 9.13. The van der Waals surface area contributed by atoms with E-state index in [-0.39, 0.29) is 0 Å². The number of aromatic nitrogens is 1. The highest BCUT2D eigenvalue weighted by Gasteiger charge is 2.25. The molecule has 3 heterocycles. The van der Waals surface area contributed by atoms with Gasteiger partial charge in [0.1, 0.15) is 11.2 Å². The van der Waals surface area contributed by atoms with E-state index in [9.17, 15) is 0 Å². The van der Waals surface area contributed by atoms with Gasteiger partial charge in [0.15, 0.2) is 6.17 Å². The molecular formula is C46H31N3O. The Bertz CT molecular complexity index is 2720. The first-order valence-corrected chi connectivity index (χ1v) is 17.1. The van der Waals surface area contributed by atoms with Crippen LogP contribution in [0.5, 0.6) is 0 Å². The van der Waals surface area contributed by atoms with Crippen molar-refractivity contribution in [2.24, 2.45) is 9.98 Å². The molecule has 50 heavy (non-hydrogen) atoms. The van der Waals surface area contributed by atoms with Crippen molar-refractivity contribution in [2.45, 2.75) is 12.6 Å². The first kappa shape index (κ1) is 28.5. The lowest BCUT2D eigenvalue weighted by Gasteiger charge is -2.21. The summed E-state index contributed by atoms with van der Waals surface area (Å²) in [6, 6.07) is 59.7. The maximum atomic E-state index is 6.77. The molecule has 1 aliphatic rings. The van der Waals surface area contributed by atoms with Gasteiger partial charge in [-0.25, -0.2) is 0 Å². The molecule has 4 nitrogen and oxygen atoms in total. The predicted molar refractivity (Wildman–Crippen MR) is 207 cm³/mol. The van der Waals surface area contributed by atoms with Crippen LogP contribution < -0.4 is 0 Å². The molecule has 2 aromatic heterocycles. The average Bonchev–Trinajstić information content (AvgIpc) is 3.74. The first-order chi connectivity index (χ1) is 24.8. The highest BCUT2D eigenvalue weighted by Crippen LogP contribution is 2.42. The van der Waals surface area contributed by atoms with E-state index in [1.807, 2.05) is 12.1 Å². The van der Waals surface area contributed by atoms with Gasteiger partial charge in [-0.05, 0) is 47.0 Å². The minimum atomic E-state index is -0.403. The molecule has 1 aliphatic heterocycles. The van der Waals surface area contributed by atoms with Crippen LogP contribution in [0, 0.1) is 0 Å². The van der Waals surface area contributed by atoms with E-state index in [0.29, 0.717) is 6.42 Å². The highest BCUT2D eigenvalue weighted by molar-refractivity contribution is 6.19. The molecule has 0 spiro atoms. The van der Waals surface area contributed by atoms with E-state index >= 15 is 0 Å². The lowest BCUT2D eigenvalue weighted by Crippen LogP contribution is -2.18. The minimum Gasteiger partial charge on any atom is -0.455 e. The first-order valence-electron chi connectivity index (χ1n) is 17.1. The van der Waals surface area contributed by atoms with Gasteiger partial charge in [-0.2, -0.15) is 0 Å². The SMILES string of the molecule is c1ccc(C2=NC(c3cccc4oc5c(-c6ccc7c8ccccc8n(-c8ccccc8)c7c6)cccc5c34)N=C(c3ccccc3)C2)cc1. The van der Waals surface area contributed by atoms with Crippen LogP contribution in [0.25, 0.3) is 60.6 Å². The van der Waals surface area contributed by atoms with Gasteiger partial charge in [0.25, 0.3) is 0 Å². The van der Waals surface area contributed by atoms with Gasteiger partial charge < -0.3 is 8.98 Å². The third kappa shape index (κ3) is 4.61. The Balaban J connectivity index is 1.16. The monoisotopic (exact) mass is 641 g/mol. The van der Waals surface area contributed by atoms with Crippen LogP contribution >= 0.6 is 0 Å². The van der Waals surface area contributed by atoms with Crippen molar-refractivity contribution in [3.8, 4) is 16.8 Å². The van der Waals surface area contributed by atoms with Crippen LogP contribution in [0.15, 0.2) is 184 Å². The van der Waals surface area contributed by atoms with E-state index in [1.54, 1.807) is 0 Å². The van der Waals surface area contributed by atoms with Crippen molar-refractivity contribution < 1.29 is 4.42 Å². The number of hydrogen-bond acceptors (Lipinski definition) is 3. The van der Waals surface area contributed by atoms with Crippen molar-refractivity contribution in [2.75, 3.05) is 0 Å². The quantitative estimate of drug-likeness (QED) is 0.184. The summed E-state index contributed by atoms with van der Waals surface area (Å²) in [6.07, 6.45) is 0.277. The van der Waals surface area contributed by atoms with Crippen LogP contribution in [-0.4, -0.2) is 16.0 Å². The van der Waals surface area contributed by atoms with Crippen molar-refractivity contribution in [1.82, 2.24) is 4.57 Å². The molecule has 0 fully saturated rings. The molecule has 0 saturated heterocycles. The zero-order chi connectivity index (χ0) is 33.0. The minimum absolute atomic E-state index is 0.403. The molecule has 9 aromatic rings. The second-order valence-electron chi connectivity index (χ2n) is 12.9. The summed E-state index contributed by atoms with van der Waals surface area (Å²) in [4.78, 5) is 10.6. The smallest absolute Gasteiger partial charge is 0.166 e. The van der Waals surface area contributed by atoms with Crippen LogP contribution in [0.4, 0.5) is 0 Å². The number of aliphatic imine (C=N–C) groups is 2. The van der Waals surface area contributed by atoms with E-state index < -0.39 is 6.17 Å². The van der Waals surface area contributed by atoms with Crippen molar-refractivity contribution in [3.05, 3.63) is 187 Å². The van der Waals surface area contributed by atoms with E-state index in [2.05, 4.69) is 162 Å². The Kier molecular flexibility index (Phi) is 6.59. The van der Waals surface area contributed by atoms with Gasteiger partial charge in [0.2, 0.25) is 0 Å². The maximum Gasteiger partial charge on any atom is 0.166 e. The molecule has 236 valence electrons. The van der Waals surface area contributed by atoms with Crippen LogP contribution in [-0.2, 0) is 0 Å². The summed E-state index contributed by atoms with van der Waals surface area (Å²) in [5, 5.41) is 4.59. The van der Waals surface area contributed by atoms with Gasteiger partial charge in [0, 0.05) is 44.8 Å². The van der Waals surface area contributed by atoms with Gasteiger partial charge >= 0.3 is 0 Å². The lowest BCUT2D eigenvalue weighted by molar-refractivity contribution is 0.669. The average molecular weight is 642 g/mol. The van der Waals surface area contributed by atoms with Gasteiger partial charge in [0.05, 0.1) is 22.5 Å². The van der Waals surface area contributed by atoms with Crippen molar-refractivity contribution in [1.29, 1.82) is 0 Å². The number of fused-ring (bicyclic) bond motifs is 6. The number of hydrogen-bond donors (Lipinski definition) is 0. The second-order valence-corrected chi connectivity index (χ2v) is 12.9.